The Morgan fingerprint density at radius 2 is 2.11 bits per heavy atom. The zero-order valence-electron chi connectivity index (χ0n) is 16.4. The predicted molar refractivity (Wildman–Crippen MR) is 105 cm³/mol. The second-order valence-electron chi connectivity index (χ2n) is 7.47. The van der Waals surface area contributed by atoms with E-state index in [1.807, 2.05) is 18.2 Å². The number of benzene rings is 1. The van der Waals surface area contributed by atoms with Crippen molar-refractivity contribution in [1.82, 2.24) is 20.4 Å². The molecule has 0 aliphatic carbocycles. The predicted octanol–water partition coefficient (Wildman–Crippen LogP) is -0.182. The molecule has 1 saturated heterocycles. The van der Waals surface area contributed by atoms with Crippen LogP contribution in [0.3, 0.4) is 0 Å². The molecular formula is C20H29N5O3. The Balaban J connectivity index is 1.60. The van der Waals surface area contributed by atoms with Gasteiger partial charge in [0.2, 0.25) is 11.8 Å². The lowest BCUT2D eigenvalue weighted by Gasteiger charge is -2.29. The number of fused-ring (bicyclic) bond motifs is 1. The van der Waals surface area contributed by atoms with Crippen molar-refractivity contribution in [2.75, 3.05) is 33.2 Å². The summed E-state index contributed by atoms with van der Waals surface area (Å²) >= 11 is 0. The Bertz CT molecular complexity index is 751. The molecule has 2 heterocycles. The van der Waals surface area contributed by atoms with E-state index in [1.165, 1.54) is 0 Å². The molecule has 1 unspecified atom stereocenters. The maximum absolute atomic E-state index is 13.0. The van der Waals surface area contributed by atoms with Gasteiger partial charge in [-0.1, -0.05) is 18.2 Å². The molecule has 0 radical (unpaired) electrons. The lowest BCUT2D eigenvalue weighted by atomic mass is 10.0. The molecule has 4 N–H and O–H groups in total. The molecule has 2 aliphatic heterocycles. The summed E-state index contributed by atoms with van der Waals surface area (Å²) in [4.78, 5) is 40.4. The van der Waals surface area contributed by atoms with E-state index in [1.54, 1.807) is 4.90 Å². The Hall–Kier alpha value is -2.29. The smallest absolute Gasteiger partial charge is 0.255 e. The van der Waals surface area contributed by atoms with Crippen molar-refractivity contribution in [2.24, 2.45) is 5.73 Å². The number of amides is 3. The van der Waals surface area contributed by atoms with E-state index in [-0.39, 0.29) is 24.1 Å². The number of nitrogens with one attached hydrogen (secondary N) is 2. The fourth-order valence-electron chi connectivity index (χ4n) is 3.80. The second kappa shape index (κ2) is 9.27. The van der Waals surface area contributed by atoms with Crippen LogP contribution in [0.25, 0.3) is 0 Å². The van der Waals surface area contributed by atoms with Crippen LogP contribution >= 0.6 is 0 Å². The van der Waals surface area contributed by atoms with Gasteiger partial charge in [-0.05, 0) is 44.1 Å². The van der Waals surface area contributed by atoms with Gasteiger partial charge < -0.3 is 20.9 Å². The van der Waals surface area contributed by atoms with Crippen LogP contribution in [0.4, 0.5) is 0 Å². The van der Waals surface area contributed by atoms with E-state index in [4.69, 9.17) is 5.73 Å². The molecule has 0 saturated carbocycles. The molecule has 2 aliphatic rings. The molecule has 28 heavy (non-hydrogen) atoms. The normalized spacial score (nSPS) is 19.3. The fourth-order valence-corrected chi connectivity index (χ4v) is 3.80. The highest BCUT2D eigenvalue weighted by Crippen LogP contribution is 2.29. The Kier molecular flexibility index (Phi) is 6.77. The summed E-state index contributed by atoms with van der Waals surface area (Å²) in [5.74, 6) is -0.772. The molecule has 1 atom stereocenters. The largest absolute Gasteiger partial charge is 0.330 e. The molecule has 8 heteroatoms. The summed E-state index contributed by atoms with van der Waals surface area (Å²) < 4.78 is 0. The minimum atomic E-state index is -0.574. The van der Waals surface area contributed by atoms with Crippen LogP contribution in [0.5, 0.6) is 0 Å². The summed E-state index contributed by atoms with van der Waals surface area (Å²) in [5.41, 5.74) is 8.11. The van der Waals surface area contributed by atoms with Gasteiger partial charge in [-0.2, -0.15) is 0 Å². The molecule has 1 aromatic rings. The average molecular weight is 387 g/mol. The highest BCUT2D eigenvalue weighted by Gasteiger charge is 2.39. The van der Waals surface area contributed by atoms with Gasteiger partial charge in [0.25, 0.3) is 5.91 Å². The van der Waals surface area contributed by atoms with E-state index in [9.17, 15) is 14.4 Å². The monoisotopic (exact) mass is 387 g/mol. The van der Waals surface area contributed by atoms with Gasteiger partial charge in [0.1, 0.15) is 6.04 Å². The fraction of sp³-hybridized carbons (Fsp3) is 0.550. The number of nitrogens with zero attached hydrogens (tertiary/aromatic N) is 2. The summed E-state index contributed by atoms with van der Waals surface area (Å²) in [6.07, 6.45) is 1.63. The Labute approximate surface area is 165 Å². The number of imide groups is 1. The first kappa shape index (κ1) is 20.4. The van der Waals surface area contributed by atoms with Gasteiger partial charge in [-0.25, -0.2) is 0 Å². The van der Waals surface area contributed by atoms with Gasteiger partial charge in [0.15, 0.2) is 0 Å². The van der Waals surface area contributed by atoms with Crippen molar-refractivity contribution >= 4 is 17.7 Å². The van der Waals surface area contributed by atoms with Crippen molar-refractivity contribution in [1.29, 1.82) is 0 Å². The molecule has 0 spiro atoms. The highest BCUT2D eigenvalue weighted by atomic mass is 16.2. The number of rotatable bonds is 9. The summed E-state index contributed by atoms with van der Waals surface area (Å²) in [5, 5.41) is 5.74. The summed E-state index contributed by atoms with van der Waals surface area (Å²) in [6, 6.07) is 5.26. The second-order valence-corrected chi connectivity index (χ2v) is 7.47. The first-order valence-corrected chi connectivity index (χ1v) is 9.86. The molecule has 1 fully saturated rings. The highest BCUT2D eigenvalue weighted by molar-refractivity contribution is 6.05. The Morgan fingerprint density at radius 3 is 2.86 bits per heavy atom. The third-order valence-electron chi connectivity index (χ3n) is 5.37. The number of carbonyl (C=O) groups excluding carboxylic acids is 3. The van der Waals surface area contributed by atoms with Crippen molar-refractivity contribution in [2.45, 2.75) is 38.4 Å². The lowest BCUT2D eigenvalue weighted by Crippen LogP contribution is -2.52. The molecule has 8 nitrogen and oxygen atoms in total. The summed E-state index contributed by atoms with van der Waals surface area (Å²) in [6.45, 7) is 4.40. The molecule has 3 amide bonds. The molecule has 1 aromatic carbocycles. The van der Waals surface area contributed by atoms with Crippen LogP contribution in [0.1, 0.15) is 40.7 Å². The van der Waals surface area contributed by atoms with Gasteiger partial charge in [-0.15, -0.1) is 0 Å². The minimum Gasteiger partial charge on any atom is -0.330 e. The molecule has 0 aromatic heterocycles. The van der Waals surface area contributed by atoms with Crippen molar-refractivity contribution in [3.8, 4) is 0 Å². The van der Waals surface area contributed by atoms with Crippen LogP contribution < -0.4 is 16.4 Å². The maximum atomic E-state index is 13.0. The number of piperidine rings is 1. The average Bonchev–Trinajstić information content (AvgIpc) is 3.01. The molecule has 0 bridgehead atoms. The van der Waals surface area contributed by atoms with E-state index < -0.39 is 6.04 Å². The van der Waals surface area contributed by atoms with Gasteiger partial charge >= 0.3 is 0 Å². The van der Waals surface area contributed by atoms with Crippen LogP contribution in [0.15, 0.2) is 18.2 Å². The molecule has 3 rings (SSSR count). The zero-order valence-corrected chi connectivity index (χ0v) is 16.4. The van der Waals surface area contributed by atoms with Crippen molar-refractivity contribution < 1.29 is 14.4 Å². The number of hydrogen-bond acceptors (Lipinski definition) is 6. The Morgan fingerprint density at radius 1 is 1.29 bits per heavy atom. The van der Waals surface area contributed by atoms with E-state index in [0.29, 0.717) is 31.6 Å². The SMILES string of the molecule is CN(CCCN)CCNCc1cccc2c1C(=O)N(C1CCC(=O)NC1=O)C2. The summed E-state index contributed by atoms with van der Waals surface area (Å²) in [7, 11) is 2.07. The van der Waals surface area contributed by atoms with Crippen molar-refractivity contribution in [3.05, 3.63) is 34.9 Å². The number of carbonyl (C=O) groups is 3. The van der Waals surface area contributed by atoms with Crippen LogP contribution in [0, 0.1) is 0 Å². The van der Waals surface area contributed by atoms with Crippen LogP contribution in [0.2, 0.25) is 0 Å². The van der Waals surface area contributed by atoms with E-state index in [2.05, 4.69) is 22.6 Å². The standard InChI is InChI=1S/C20H29N5O3/c1-24(10-3-8-21)11-9-22-12-14-4-2-5-15-13-25(20(28)18(14)15)16-6-7-17(26)23-19(16)27/h2,4-5,16,22H,3,6-13,21H2,1H3,(H,23,26,27). The van der Waals surface area contributed by atoms with Crippen LogP contribution in [-0.4, -0.2) is 66.8 Å². The zero-order chi connectivity index (χ0) is 20.1. The number of likely N-dealkylation sites (N-methyl/N-ethyl adjacent to an activating group) is 1. The van der Waals surface area contributed by atoms with Gasteiger partial charge in [-0.3, -0.25) is 19.7 Å². The number of nitrogens with two attached hydrogens (primary N) is 1. The van der Waals surface area contributed by atoms with Gasteiger partial charge in [0.05, 0.1) is 0 Å². The third kappa shape index (κ3) is 4.57. The van der Waals surface area contributed by atoms with E-state index >= 15 is 0 Å². The topological polar surface area (TPSA) is 108 Å². The lowest BCUT2D eigenvalue weighted by molar-refractivity contribution is -0.136. The van der Waals surface area contributed by atoms with E-state index in [0.717, 1.165) is 37.2 Å². The first-order valence-electron chi connectivity index (χ1n) is 9.86. The van der Waals surface area contributed by atoms with Crippen molar-refractivity contribution in [3.63, 3.8) is 0 Å². The maximum Gasteiger partial charge on any atom is 0.255 e. The van der Waals surface area contributed by atoms with Crippen LogP contribution in [-0.2, 0) is 22.7 Å². The minimum absolute atomic E-state index is 0.123. The molecule has 152 valence electrons. The quantitative estimate of drug-likeness (QED) is 0.401. The molecular weight excluding hydrogens is 358 g/mol. The third-order valence-corrected chi connectivity index (χ3v) is 5.37. The van der Waals surface area contributed by atoms with Gasteiger partial charge in [0, 0.05) is 38.2 Å². The number of hydrogen-bond donors (Lipinski definition) is 3. The first-order chi connectivity index (χ1) is 13.5.